The summed E-state index contributed by atoms with van der Waals surface area (Å²) in [6, 6.07) is 6.08. The Morgan fingerprint density at radius 2 is 1.76 bits per heavy atom. The quantitative estimate of drug-likeness (QED) is 0.211. The fourth-order valence-electron chi connectivity index (χ4n) is 9.14. The number of piperidine rings is 1. The van der Waals surface area contributed by atoms with Crippen LogP contribution in [0, 0.1) is 34.8 Å². The number of phenols is 1. The van der Waals surface area contributed by atoms with Gasteiger partial charge < -0.3 is 29.7 Å². The van der Waals surface area contributed by atoms with Crippen LogP contribution in [0.2, 0.25) is 0 Å². The molecule has 12 heteroatoms. The van der Waals surface area contributed by atoms with E-state index in [1.807, 2.05) is 0 Å². The second kappa shape index (κ2) is 12.1. The van der Waals surface area contributed by atoms with E-state index in [-0.39, 0.29) is 68.3 Å². The Morgan fingerprint density at radius 1 is 1.02 bits per heavy atom. The van der Waals surface area contributed by atoms with Crippen LogP contribution in [0.5, 0.6) is 17.6 Å². The summed E-state index contributed by atoms with van der Waals surface area (Å²) in [7, 11) is 1.45. The predicted octanol–water partition coefficient (Wildman–Crippen LogP) is 6.13. The summed E-state index contributed by atoms with van der Waals surface area (Å²) in [4.78, 5) is 18.8. The van der Waals surface area contributed by atoms with Gasteiger partial charge in [-0.15, -0.1) is 6.42 Å². The number of alkyl halides is 1. The second-order valence-corrected chi connectivity index (χ2v) is 15.6. The molecular formula is C39H41F3N6O3. The van der Waals surface area contributed by atoms with E-state index in [9.17, 15) is 13.9 Å². The number of fused-ring (bicyclic) bond motifs is 4. The third kappa shape index (κ3) is 5.69. The molecule has 9 nitrogen and oxygen atoms in total. The maximum atomic E-state index is 17.1. The lowest BCUT2D eigenvalue weighted by molar-refractivity contribution is -0.0333. The molecule has 2 aromatic carbocycles. The van der Waals surface area contributed by atoms with Gasteiger partial charge in [0.1, 0.15) is 40.2 Å². The van der Waals surface area contributed by atoms with Crippen molar-refractivity contribution in [2.75, 3.05) is 51.3 Å². The summed E-state index contributed by atoms with van der Waals surface area (Å²) >= 11 is 0. The van der Waals surface area contributed by atoms with Gasteiger partial charge in [0, 0.05) is 48.1 Å². The topological polar surface area (TPSA) is 95.9 Å². The highest BCUT2D eigenvalue weighted by Crippen LogP contribution is 2.52. The van der Waals surface area contributed by atoms with Gasteiger partial charge in [-0.25, -0.2) is 18.2 Å². The maximum absolute atomic E-state index is 17.1. The van der Waals surface area contributed by atoms with Crippen LogP contribution in [0.15, 0.2) is 24.3 Å². The number of hydrogen-bond acceptors (Lipinski definition) is 9. The minimum atomic E-state index is -0.786. The number of piperazine rings is 1. The van der Waals surface area contributed by atoms with Crippen molar-refractivity contribution in [2.24, 2.45) is 10.8 Å². The summed E-state index contributed by atoms with van der Waals surface area (Å²) in [5, 5.41) is 15.3. The number of ether oxygens (including phenoxy) is 2. The lowest BCUT2D eigenvalue weighted by Crippen LogP contribution is -2.51. The average molecular weight is 699 g/mol. The number of rotatable bonds is 8. The van der Waals surface area contributed by atoms with Crippen LogP contribution in [0.25, 0.3) is 32.9 Å². The fourth-order valence-corrected chi connectivity index (χ4v) is 9.14. The Balaban J connectivity index is 1.10. The standard InChI is InChI=1S/C39H41F3N6O3/c1-3-27-29(41)7-4-22-14-26(49)15-28(30(22)27)33-32(42)34-31(36(44-33)50-2)35(48-18-24-5-6-25(19-48)43-24)46-37(45-34)51-21-39(8-9-39)20-47-12-10-38(11-13-47)16-23(40)17-38/h1,4,7,14-15,23-25,43,49H,5-6,8-13,16-21H2,2H3. The molecular weight excluding hydrogens is 657 g/mol. The number of halogens is 3. The number of aromatic nitrogens is 3. The molecule has 2 unspecified atom stereocenters. The van der Waals surface area contributed by atoms with Crippen molar-refractivity contribution in [3.05, 3.63) is 41.5 Å². The number of benzene rings is 2. The molecule has 5 aliphatic rings. The Hall–Kier alpha value is -4.34. The lowest BCUT2D eigenvalue weighted by atomic mass is 9.62. The third-order valence-corrected chi connectivity index (χ3v) is 12.1. The maximum Gasteiger partial charge on any atom is 0.319 e. The summed E-state index contributed by atoms with van der Waals surface area (Å²) in [5.41, 5.74) is -0.0373. The minimum absolute atomic E-state index is 0.0456. The highest BCUT2D eigenvalue weighted by molar-refractivity contribution is 6.04. The Bertz CT molecular complexity index is 2070. The number of nitrogens with one attached hydrogen (secondary N) is 1. The Labute approximate surface area is 294 Å². The van der Waals surface area contributed by atoms with Crippen molar-refractivity contribution >= 4 is 27.5 Å². The van der Waals surface area contributed by atoms with Gasteiger partial charge in [-0.1, -0.05) is 12.0 Å². The molecule has 0 radical (unpaired) electrons. The van der Waals surface area contributed by atoms with Gasteiger partial charge in [-0.05, 0) is 93.5 Å². The largest absolute Gasteiger partial charge is 0.508 e. The summed E-state index contributed by atoms with van der Waals surface area (Å²) < 4.78 is 58.0. The molecule has 2 aliphatic carbocycles. The van der Waals surface area contributed by atoms with E-state index in [4.69, 9.17) is 20.9 Å². The lowest BCUT2D eigenvalue weighted by Gasteiger charge is -2.50. The van der Waals surface area contributed by atoms with E-state index in [0.717, 1.165) is 58.2 Å². The Kier molecular flexibility index (Phi) is 7.74. The summed E-state index contributed by atoms with van der Waals surface area (Å²) in [6.07, 6.45) is 12.7. The Morgan fingerprint density at radius 3 is 2.43 bits per heavy atom. The molecule has 51 heavy (non-hydrogen) atoms. The smallest absolute Gasteiger partial charge is 0.319 e. The van der Waals surface area contributed by atoms with E-state index < -0.39 is 17.8 Å². The number of aromatic hydroxyl groups is 1. The van der Waals surface area contributed by atoms with Crippen molar-refractivity contribution in [3.63, 3.8) is 0 Å². The minimum Gasteiger partial charge on any atom is -0.508 e. The molecule has 2 aromatic heterocycles. The van der Waals surface area contributed by atoms with Gasteiger partial charge in [0.05, 0.1) is 19.3 Å². The van der Waals surface area contributed by atoms with Crippen molar-refractivity contribution in [1.29, 1.82) is 0 Å². The molecule has 3 saturated heterocycles. The first kappa shape index (κ1) is 32.6. The molecule has 2 saturated carbocycles. The number of hydrogen-bond donors (Lipinski definition) is 2. The number of nitrogens with zero attached hydrogens (tertiary/aromatic N) is 5. The van der Waals surface area contributed by atoms with Crippen LogP contribution in [-0.4, -0.2) is 89.7 Å². The first-order valence-corrected chi connectivity index (χ1v) is 18.0. The van der Waals surface area contributed by atoms with E-state index >= 15 is 4.39 Å². The van der Waals surface area contributed by atoms with Crippen LogP contribution in [-0.2, 0) is 0 Å². The first-order chi connectivity index (χ1) is 24.6. The van der Waals surface area contributed by atoms with E-state index in [2.05, 4.69) is 31.0 Å². The molecule has 0 amide bonds. The van der Waals surface area contributed by atoms with Crippen LogP contribution in [0.4, 0.5) is 19.0 Å². The van der Waals surface area contributed by atoms with Gasteiger partial charge in [0.15, 0.2) is 5.82 Å². The number of terminal acetylenes is 1. The number of likely N-dealkylation sites (tertiary alicyclic amines) is 1. The highest BCUT2D eigenvalue weighted by Gasteiger charge is 2.49. The van der Waals surface area contributed by atoms with Crippen molar-refractivity contribution < 1.29 is 27.8 Å². The first-order valence-electron chi connectivity index (χ1n) is 18.0. The normalized spacial score (nSPS) is 23.8. The zero-order valence-corrected chi connectivity index (χ0v) is 28.7. The van der Waals surface area contributed by atoms with Gasteiger partial charge in [-0.3, -0.25) is 0 Å². The monoisotopic (exact) mass is 698 g/mol. The van der Waals surface area contributed by atoms with Gasteiger partial charge in [0.25, 0.3) is 0 Å². The van der Waals surface area contributed by atoms with Crippen LogP contribution >= 0.6 is 0 Å². The molecule has 1 spiro atoms. The summed E-state index contributed by atoms with van der Waals surface area (Å²) in [6.45, 7) is 4.54. The zero-order chi connectivity index (χ0) is 35.1. The number of pyridine rings is 1. The average Bonchev–Trinajstić information content (AvgIpc) is 3.80. The van der Waals surface area contributed by atoms with Gasteiger partial charge in [0.2, 0.25) is 5.88 Å². The third-order valence-electron chi connectivity index (χ3n) is 12.1. The van der Waals surface area contributed by atoms with Gasteiger partial charge in [-0.2, -0.15) is 9.97 Å². The van der Waals surface area contributed by atoms with Crippen LogP contribution < -0.4 is 19.7 Å². The molecule has 5 heterocycles. The van der Waals surface area contributed by atoms with Crippen molar-refractivity contribution in [2.45, 2.75) is 69.6 Å². The second-order valence-electron chi connectivity index (χ2n) is 15.6. The van der Waals surface area contributed by atoms with Gasteiger partial charge >= 0.3 is 6.01 Å². The molecule has 2 atom stereocenters. The number of anilines is 1. The highest BCUT2D eigenvalue weighted by atomic mass is 19.1. The molecule has 9 rings (SSSR count). The van der Waals surface area contributed by atoms with E-state index in [1.165, 1.54) is 31.4 Å². The van der Waals surface area contributed by atoms with E-state index in [1.54, 1.807) is 0 Å². The molecule has 4 aromatic rings. The number of phenolic OH excluding ortho intramolecular Hbond substituents is 1. The molecule has 3 aliphatic heterocycles. The SMILES string of the molecule is C#Cc1c(F)ccc2cc(O)cc(-c3nc(OC)c4c(N5CC6CCC(C5)N6)nc(OCC5(CN6CCC7(CC6)CC(F)C7)CC5)nc4c3F)c12. The van der Waals surface area contributed by atoms with Crippen LogP contribution in [0.1, 0.15) is 56.9 Å². The number of methoxy groups -OCH3 is 1. The van der Waals surface area contributed by atoms with Crippen LogP contribution in [0.3, 0.4) is 0 Å². The molecule has 2 bridgehead atoms. The van der Waals surface area contributed by atoms with E-state index in [0.29, 0.717) is 49.1 Å². The van der Waals surface area contributed by atoms with Crippen molar-refractivity contribution in [3.8, 4) is 41.2 Å². The zero-order valence-electron chi connectivity index (χ0n) is 28.7. The fraction of sp³-hybridized carbons (Fsp3) is 0.513. The molecule has 2 N–H and O–H groups in total. The van der Waals surface area contributed by atoms with Crippen molar-refractivity contribution in [1.82, 2.24) is 25.2 Å². The predicted molar refractivity (Wildman–Crippen MR) is 188 cm³/mol. The molecule has 266 valence electrons. The summed E-state index contributed by atoms with van der Waals surface area (Å²) in [5.74, 6) is 1.38. The molecule has 5 fully saturated rings.